The van der Waals surface area contributed by atoms with Crippen LogP contribution in [0.5, 0.6) is 0 Å². The van der Waals surface area contributed by atoms with Gasteiger partial charge in [0.2, 0.25) is 0 Å². The zero-order valence-electron chi connectivity index (χ0n) is 23.2. The summed E-state index contributed by atoms with van der Waals surface area (Å²) in [5.41, 5.74) is -1.33. The van der Waals surface area contributed by atoms with Crippen LogP contribution in [0.1, 0.15) is 16.8 Å². The van der Waals surface area contributed by atoms with Crippen LogP contribution in [0.3, 0.4) is 0 Å². The van der Waals surface area contributed by atoms with E-state index in [0.717, 1.165) is 29.0 Å². The Morgan fingerprint density at radius 3 is 2.20 bits per heavy atom. The number of thiazole rings is 1. The molecule has 18 heteroatoms. The zero-order chi connectivity index (χ0) is 32.7. The highest BCUT2D eigenvalue weighted by Gasteiger charge is 2.32. The third-order valence-corrected chi connectivity index (χ3v) is 9.08. The molecule has 4 N–H and O–H groups in total. The van der Waals surface area contributed by atoms with E-state index in [1.807, 2.05) is 30.3 Å². The lowest BCUT2D eigenvalue weighted by molar-refractivity contribution is -0.392. The lowest BCUT2D eigenvalue weighted by atomic mass is 10.1. The molecular weight excluding hydrogens is 649 g/mol. The van der Waals surface area contributed by atoms with Crippen LogP contribution in [0.2, 0.25) is 0 Å². The van der Waals surface area contributed by atoms with Crippen molar-refractivity contribution in [2.24, 2.45) is 0 Å². The van der Waals surface area contributed by atoms with Gasteiger partial charge in [0.15, 0.2) is 10.8 Å². The fourth-order valence-electron chi connectivity index (χ4n) is 4.00. The van der Waals surface area contributed by atoms with Crippen molar-refractivity contribution in [3.05, 3.63) is 97.9 Å². The number of aliphatic carboxylic acids is 1. The maximum absolute atomic E-state index is 13.0. The van der Waals surface area contributed by atoms with Crippen molar-refractivity contribution in [2.75, 3.05) is 27.4 Å². The number of aromatic nitrogens is 1. The van der Waals surface area contributed by atoms with Gasteiger partial charge in [-0.3, -0.25) is 29.7 Å². The Bertz CT molecular complexity index is 1810. The van der Waals surface area contributed by atoms with E-state index in [4.69, 9.17) is 0 Å². The van der Waals surface area contributed by atoms with Crippen molar-refractivity contribution in [3.63, 3.8) is 0 Å². The summed E-state index contributed by atoms with van der Waals surface area (Å²) in [6, 6.07) is 14.4. The number of carbonyl (C=O) groups excluding carboxylic acids is 1. The number of hydrogen-bond donors (Lipinski definition) is 4. The molecular formula is C27H24N6O9S3. The average molecular weight is 673 g/mol. The molecule has 3 aromatic carbocycles. The third kappa shape index (κ3) is 8.11. The van der Waals surface area contributed by atoms with E-state index in [1.165, 1.54) is 36.0 Å². The van der Waals surface area contributed by atoms with E-state index in [-0.39, 0.29) is 22.1 Å². The van der Waals surface area contributed by atoms with Crippen LogP contribution in [0.4, 0.5) is 27.9 Å². The highest BCUT2D eigenvalue weighted by molar-refractivity contribution is 7.98. The first-order valence-electron chi connectivity index (χ1n) is 12.8. The lowest BCUT2D eigenvalue weighted by Gasteiger charge is -2.16. The molecule has 4 aromatic rings. The molecule has 1 atom stereocenters. The first-order chi connectivity index (χ1) is 21.4. The van der Waals surface area contributed by atoms with Crippen molar-refractivity contribution < 1.29 is 33.0 Å². The molecule has 0 aliphatic rings. The van der Waals surface area contributed by atoms with Gasteiger partial charge in [0.05, 0.1) is 26.0 Å². The highest BCUT2D eigenvalue weighted by Crippen LogP contribution is 2.37. The minimum Gasteiger partial charge on any atom is -0.480 e. The summed E-state index contributed by atoms with van der Waals surface area (Å²) in [5.74, 6) is -1.96. The summed E-state index contributed by atoms with van der Waals surface area (Å²) >= 11 is 2.43. The molecule has 1 aromatic heterocycles. The molecule has 0 saturated carbocycles. The first kappa shape index (κ1) is 32.8. The quantitative estimate of drug-likeness (QED) is 0.0989. The summed E-state index contributed by atoms with van der Waals surface area (Å²) < 4.78 is 28.2. The number of amides is 1. The van der Waals surface area contributed by atoms with E-state index in [2.05, 4.69) is 20.3 Å². The molecule has 0 saturated heterocycles. The lowest BCUT2D eigenvalue weighted by Crippen LogP contribution is -2.30. The maximum atomic E-state index is 13.0. The molecule has 0 spiro atoms. The van der Waals surface area contributed by atoms with Gasteiger partial charge in [-0.25, -0.2) is 18.2 Å². The van der Waals surface area contributed by atoms with Gasteiger partial charge >= 0.3 is 5.97 Å². The van der Waals surface area contributed by atoms with Crippen LogP contribution in [-0.2, 0) is 14.8 Å². The van der Waals surface area contributed by atoms with E-state index in [9.17, 15) is 43.3 Å². The fourth-order valence-corrected chi connectivity index (χ4v) is 6.45. The van der Waals surface area contributed by atoms with Gasteiger partial charge in [0.1, 0.15) is 6.04 Å². The number of carboxylic acid groups (broad SMARTS) is 1. The number of nitro groups is 2. The molecule has 0 radical (unpaired) electrons. The SMILES string of the molecule is CSCCC(Nc1c([N+](=O)[O-])cc(C(=O)Nc2ccc(S(=O)(=O)Nc3nc(-c4ccccc4)cs3)cc2)cc1[N+](=O)[O-])C(=O)O. The van der Waals surface area contributed by atoms with Crippen LogP contribution in [0.15, 0.2) is 77.0 Å². The van der Waals surface area contributed by atoms with Crippen LogP contribution in [0, 0.1) is 20.2 Å². The number of carbonyl (C=O) groups is 2. The number of sulfonamides is 1. The van der Waals surface area contributed by atoms with Gasteiger partial charge < -0.3 is 15.7 Å². The number of anilines is 3. The molecule has 45 heavy (non-hydrogen) atoms. The Hall–Kier alpha value is -5.07. The van der Waals surface area contributed by atoms with Crippen molar-refractivity contribution in [3.8, 4) is 11.3 Å². The minimum atomic E-state index is -4.05. The summed E-state index contributed by atoms with van der Waals surface area (Å²) in [6.45, 7) is 0. The Labute approximate surface area is 264 Å². The monoisotopic (exact) mass is 672 g/mol. The van der Waals surface area contributed by atoms with Gasteiger partial charge in [-0.15, -0.1) is 11.3 Å². The highest BCUT2D eigenvalue weighted by atomic mass is 32.2. The molecule has 0 fully saturated rings. The van der Waals surface area contributed by atoms with Crippen LogP contribution >= 0.6 is 23.1 Å². The smallest absolute Gasteiger partial charge is 0.326 e. The number of benzene rings is 3. The van der Waals surface area contributed by atoms with E-state index >= 15 is 0 Å². The molecule has 234 valence electrons. The number of thioether (sulfide) groups is 1. The van der Waals surface area contributed by atoms with Crippen molar-refractivity contribution in [2.45, 2.75) is 17.4 Å². The van der Waals surface area contributed by atoms with E-state index in [0.29, 0.717) is 11.4 Å². The van der Waals surface area contributed by atoms with Gasteiger partial charge in [-0.1, -0.05) is 30.3 Å². The van der Waals surface area contributed by atoms with E-state index in [1.54, 1.807) is 11.6 Å². The second-order valence-corrected chi connectivity index (χ2v) is 12.7. The Morgan fingerprint density at radius 2 is 1.64 bits per heavy atom. The normalized spacial score (nSPS) is 11.8. The van der Waals surface area contributed by atoms with Crippen molar-refractivity contribution >= 4 is 72.9 Å². The molecule has 4 rings (SSSR count). The fraction of sp³-hybridized carbons (Fsp3) is 0.148. The number of nitrogens with zero attached hydrogens (tertiary/aromatic N) is 3. The standard InChI is InChI=1S/C27H24N6O9S3/c1-43-12-11-20(26(35)36)29-24-22(32(37)38)13-17(14-23(24)33(39)40)25(34)28-18-7-9-19(10-8-18)45(41,42)31-27-30-21(15-44-27)16-5-3-2-4-6-16/h2-10,13-15,20,29H,11-12H2,1H3,(H,28,34)(H,30,31)(H,35,36). The molecule has 1 amide bonds. The predicted molar refractivity (Wildman–Crippen MR) is 171 cm³/mol. The largest absolute Gasteiger partial charge is 0.480 e. The third-order valence-electron chi connectivity index (χ3n) is 6.20. The maximum Gasteiger partial charge on any atom is 0.326 e. The topological polar surface area (TPSA) is 224 Å². The molecule has 1 unspecified atom stereocenters. The number of nitro benzene ring substituents is 2. The molecule has 15 nitrogen and oxygen atoms in total. The molecule has 0 aliphatic carbocycles. The van der Waals surface area contributed by atoms with E-state index < -0.39 is 60.4 Å². The Morgan fingerprint density at radius 1 is 1.02 bits per heavy atom. The Balaban J connectivity index is 1.53. The summed E-state index contributed by atoms with van der Waals surface area (Å²) in [7, 11) is -4.05. The van der Waals surface area contributed by atoms with Gasteiger partial charge in [0, 0.05) is 28.8 Å². The summed E-state index contributed by atoms with van der Waals surface area (Å²) in [6.07, 6.45) is 1.75. The van der Waals surface area contributed by atoms with Gasteiger partial charge in [-0.2, -0.15) is 11.8 Å². The van der Waals surface area contributed by atoms with Crippen molar-refractivity contribution in [1.29, 1.82) is 0 Å². The van der Waals surface area contributed by atoms with Crippen molar-refractivity contribution in [1.82, 2.24) is 4.98 Å². The average Bonchev–Trinajstić information content (AvgIpc) is 3.47. The van der Waals surface area contributed by atoms with Gasteiger partial charge in [0.25, 0.3) is 27.3 Å². The number of nitrogens with one attached hydrogen (secondary N) is 3. The summed E-state index contributed by atoms with van der Waals surface area (Å²) in [5, 5.41) is 39.8. The van der Waals surface area contributed by atoms with Gasteiger partial charge in [-0.05, 0) is 42.7 Å². The Kier molecular flexibility index (Phi) is 10.3. The molecule has 1 heterocycles. The first-order valence-corrected chi connectivity index (χ1v) is 16.6. The molecule has 0 bridgehead atoms. The van der Waals surface area contributed by atoms with Crippen LogP contribution in [-0.4, -0.2) is 58.3 Å². The zero-order valence-corrected chi connectivity index (χ0v) is 25.6. The second-order valence-electron chi connectivity index (χ2n) is 9.21. The number of rotatable bonds is 14. The summed E-state index contributed by atoms with van der Waals surface area (Å²) in [4.78, 5) is 50.5. The predicted octanol–water partition coefficient (Wildman–Crippen LogP) is 5.30. The van der Waals surface area contributed by atoms with Crippen LogP contribution < -0.4 is 15.4 Å². The number of carboxylic acids is 1. The van der Waals surface area contributed by atoms with Crippen LogP contribution in [0.25, 0.3) is 11.3 Å². The second kappa shape index (κ2) is 14.1. The molecule has 0 aliphatic heterocycles. The minimum absolute atomic E-state index is 0.0207. The number of hydrogen-bond acceptors (Lipinski definition) is 12.